The molecule has 0 saturated carbocycles. The highest BCUT2D eigenvalue weighted by molar-refractivity contribution is 5.96. The fourth-order valence-electron chi connectivity index (χ4n) is 4.53. The van der Waals surface area contributed by atoms with Gasteiger partial charge < -0.3 is 14.4 Å². The standard InChI is InChI=1S/C36H41N3O4/c1-7-9-14-34(30(25-40)23-27-15-17-28(18-16-27)33-13-11-10-12-29(33)24-37)38-26(3)39(6)31-19-21-32(22-20-31)43-36(4,5)35(41)42-8-2/h10-13,15-22,25H,7-9,14,23H2,1-6H3/b34-30-,38-26?. The Bertz CT molecular complexity index is 1500. The maximum atomic E-state index is 12.3. The lowest BCUT2D eigenvalue weighted by molar-refractivity contribution is -0.158. The van der Waals surface area contributed by atoms with E-state index in [1.165, 1.54) is 0 Å². The second-order valence-corrected chi connectivity index (χ2v) is 10.8. The fraction of sp³-hybridized carbons (Fsp3) is 0.333. The van der Waals surface area contributed by atoms with Crippen molar-refractivity contribution in [1.82, 2.24) is 0 Å². The summed E-state index contributed by atoms with van der Waals surface area (Å²) in [5.74, 6) is 0.880. The number of carbonyl (C=O) groups excluding carboxylic acids is 2. The van der Waals surface area contributed by atoms with Crippen LogP contribution >= 0.6 is 0 Å². The summed E-state index contributed by atoms with van der Waals surface area (Å²) in [6, 6.07) is 25.2. The largest absolute Gasteiger partial charge is 0.476 e. The first-order valence-corrected chi connectivity index (χ1v) is 14.6. The molecule has 3 aromatic rings. The van der Waals surface area contributed by atoms with Gasteiger partial charge >= 0.3 is 5.97 Å². The minimum absolute atomic E-state index is 0.291. The van der Waals surface area contributed by atoms with Gasteiger partial charge in [-0.3, -0.25) is 4.79 Å². The Morgan fingerprint density at radius 1 is 1.02 bits per heavy atom. The second kappa shape index (κ2) is 15.5. The van der Waals surface area contributed by atoms with E-state index in [-0.39, 0.29) is 0 Å². The summed E-state index contributed by atoms with van der Waals surface area (Å²) in [6.07, 6.45) is 3.97. The fourth-order valence-corrected chi connectivity index (χ4v) is 4.53. The lowest BCUT2D eigenvalue weighted by Gasteiger charge is -2.25. The van der Waals surface area contributed by atoms with Crippen LogP contribution in [0.3, 0.4) is 0 Å². The smallest absolute Gasteiger partial charge is 0.349 e. The molecule has 0 atom stereocenters. The molecule has 0 fully saturated rings. The van der Waals surface area contributed by atoms with Gasteiger partial charge in [0.15, 0.2) is 5.60 Å². The van der Waals surface area contributed by atoms with E-state index in [1.54, 1.807) is 20.8 Å². The van der Waals surface area contributed by atoms with Gasteiger partial charge in [0.05, 0.1) is 18.2 Å². The number of rotatable bonds is 13. The predicted molar refractivity (Wildman–Crippen MR) is 172 cm³/mol. The molecule has 7 nitrogen and oxygen atoms in total. The minimum atomic E-state index is -1.10. The van der Waals surface area contributed by atoms with Gasteiger partial charge in [0.25, 0.3) is 0 Å². The molecule has 0 heterocycles. The van der Waals surface area contributed by atoms with E-state index < -0.39 is 11.6 Å². The van der Waals surface area contributed by atoms with E-state index >= 15 is 0 Å². The Labute approximate surface area is 255 Å². The first kappa shape index (κ1) is 32.8. The molecular formula is C36H41N3O4. The number of hydrogen-bond donors (Lipinski definition) is 0. The van der Waals surface area contributed by atoms with Gasteiger partial charge in [-0.1, -0.05) is 55.8 Å². The number of hydrogen-bond acceptors (Lipinski definition) is 6. The van der Waals surface area contributed by atoms with Crippen LogP contribution in [0.2, 0.25) is 0 Å². The van der Waals surface area contributed by atoms with Crippen LogP contribution in [0.4, 0.5) is 5.69 Å². The monoisotopic (exact) mass is 579 g/mol. The molecule has 0 radical (unpaired) electrons. The van der Waals surface area contributed by atoms with Gasteiger partial charge in [0.1, 0.15) is 17.9 Å². The van der Waals surface area contributed by atoms with Gasteiger partial charge in [0, 0.05) is 30.4 Å². The van der Waals surface area contributed by atoms with Crippen LogP contribution in [0.25, 0.3) is 11.1 Å². The Morgan fingerprint density at radius 3 is 2.30 bits per heavy atom. The van der Waals surface area contributed by atoms with Gasteiger partial charge in [0.2, 0.25) is 0 Å². The number of aldehydes is 1. The number of aliphatic imine (C=N–C) groups is 1. The number of allylic oxidation sites excluding steroid dienone is 2. The van der Waals surface area contributed by atoms with Crippen molar-refractivity contribution in [2.75, 3.05) is 18.6 Å². The minimum Gasteiger partial charge on any atom is -0.476 e. The molecule has 0 aromatic heterocycles. The van der Waals surface area contributed by atoms with Crippen molar-refractivity contribution in [2.45, 2.75) is 65.9 Å². The Morgan fingerprint density at radius 2 is 1.70 bits per heavy atom. The second-order valence-electron chi connectivity index (χ2n) is 10.8. The van der Waals surface area contributed by atoms with E-state index in [9.17, 15) is 14.9 Å². The summed E-state index contributed by atoms with van der Waals surface area (Å²) in [5.41, 5.74) is 4.67. The molecule has 43 heavy (non-hydrogen) atoms. The SMILES string of the molecule is CCCC/C(N=C(C)N(C)c1ccc(OC(C)(C)C(=O)OCC)cc1)=C(/C=O)Cc1ccc(-c2ccccc2C#N)cc1. The highest BCUT2D eigenvalue weighted by Crippen LogP contribution is 2.26. The van der Waals surface area contributed by atoms with Crippen molar-refractivity contribution in [3.8, 4) is 22.9 Å². The first-order chi connectivity index (χ1) is 20.6. The van der Waals surface area contributed by atoms with Crippen LogP contribution < -0.4 is 9.64 Å². The van der Waals surface area contributed by atoms with Gasteiger partial charge in [-0.25, -0.2) is 9.79 Å². The average Bonchev–Trinajstić information content (AvgIpc) is 3.02. The maximum absolute atomic E-state index is 12.3. The molecule has 0 aliphatic rings. The number of esters is 1. The normalized spacial score (nSPS) is 12.2. The van der Waals surface area contributed by atoms with Crippen molar-refractivity contribution < 1.29 is 19.1 Å². The van der Waals surface area contributed by atoms with E-state index in [1.807, 2.05) is 91.7 Å². The van der Waals surface area contributed by atoms with Crippen molar-refractivity contribution in [2.24, 2.45) is 4.99 Å². The number of carbonyl (C=O) groups is 2. The van der Waals surface area contributed by atoms with Crippen molar-refractivity contribution in [1.29, 1.82) is 5.26 Å². The van der Waals surface area contributed by atoms with E-state index in [0.29, 0.717) is 36.3 Å². The van der Waals surface area contributed by atoms with Gasteiger partial charge in [-0.05, 0) is 87.6 Å². The van der Waals surface area contributed by atoms with Crippen LogP contribution in [-0.2, 0) is 20.7 Å². The van der Waals surface area contributed by atoms with E-state index in [2.05, 4.69) is 13.0 Å². The average molecular weight is 580 g/mol. The molecule has 0 aliphatic heterocycles. The van der Waals surface area contributed by atoms with Crippen LogP contribution in [0.1, 0.15) is 65.0 Å². The maximum Gasteiger partial charge on any atom is 0.349 e. The topological polar surface area (TPSA) is 92.0 Å². The molecule has 3 aromatic carbocycles. The van der Waals surface area contributed by atoms with Crippen LogP contribution in [-0.4, -0.2) is 37.3 Å². The molecule has 0 unspecified atom stereocenters. The lowest BCUT2D eigenvalue weighted by atomic mass is 9.97. The summed E-state index contributed by atoms with van der Waals surface area (Å²) in [6.45, 7) is 9.45. The molecule has 0 aliphatic carbocycles. The molecule has 224 valence electrons. The van der Waals surface area contributed by atoms with Crippen LogP contribution in [0, 0.1) is 11.3 Å². The summed E-state index contributed by atoms with van der Waals surface area (Å²) in [5, 5.41) is 9.46. The molecule has 0 bridgehead atoms. The molecule has 0 saturated heterocycles. The first-order valence-electron chi connectivity index (χ1n) is 14.6. The van der Waals surface area contributed by atoms with Crippen molar-refractivity contribution >= 4 is 23.8 Å². The molecular weight excluding hydrogens is 538 g/mol. The Hall–Kier alpha value is -4.70. The zero-order valence-corrected chi connectivity index (χ0v) is 26.0. The Balaban J connectivity index is 1.82. The number of amidine groups is 1. The molecule has 3 rings (SSSR count). The van der Waals surface area contributed by atoms with E-state index in [0.717, 1.165) is 53.0 Å². The summed E-state index contributed by atoms with van der Waals surface area (Å²) in [7, 11) is 1.92. The van der Waals surface area contributed by atoms with Crippen molar-refractivity contribution in [3.05, 3.63) is 95.2 Å². The summed E-state index contributed by atoms with van der Waals surface area (Å²) < 4.78 is 11.0. The molecule has 0 N–H and O–H groups in total. The third-order valence-electron chi connectivity index (χ3n) is 7.13. The molecule has 7 heteroatoms. The molecule has 0 spiro atoms. The van der Waals surface area contributed by atoms with Crippen LogP contribution in [0.15, 0.2) is 89.1 Å². The Kier molecular flexibility index (Phi) is 11.8. The number of nitrogens with zero attached hydrogens (tertiary/aromatic N) is 3. The third kappa shape index (κ3) is 8.89. The van der Waals surface area contributed by atoms with Gasteiger partial charge in [-0.2, -0.15) is 5.26 Å². The summed E-state index contributed by atoms with van der Waals surface area (Å²) >= 11 is 0. The number of ether oxygens (including phenoxy) is 2. The number of unbranched alkanes of at least 4 members (excludes halogenated alkanes) is 1. The molecule has 0 amide bonds. The summed E-state index contributed by atoms with van der Waals surface area (Å²) in [4.78, 5) is 31.4. The predicted octanol–water partition coefficient (Wildman–Crippen LogP) is 7.69. The van der Waals surface area contributed by atoms with Crippen molar-refractivity contribution in [3.63, 3.8) is 0 Å². The highest BCUT2D eigenvalue weighted by atomic mass is 16.6. The highest BCUT2D eigenvalue weighted by Gasteiger charge is 2.31. The number of anilines is 1. The third-order valence-corrected chi connectivity index (χ3v) is 7.13. The van der Waals surface area contributed by atoms with Gasteiger partial charge in [-0.15, -0.1) is 0 Å². The zero-order chi connectivity index (χ0) is 31.4. The lowest BCUT2D eigenvalue weighted by Crippen LogP contribution is -2.39. The number of nitriles is 1. The quantitative estimate of drug-likeness (QED) is 0.0678. The number of benzene rings is 3. The van der Waals surface area contributed by atoms with Crippen LogP contribution in [0.5, 0.6) is 5.75 Å². The van der Waals surface area contributed by atoms with E-state index in [4.69, 9.17) is 14.5 Å². The zero-order valence-electron chi connectivity index (χ0n) is 26.0.